The molecule has 0 aromatic carbocycles. The molecule has 0 radical (unpaired) electrons. The Morgan fingerprint density at radius 2 is 2.12 bits per heavy atom. The molecule has 1 aliphatic rings. The first-order valence-electron chi connectivity index (χ1n) is 5.10. The Morgan fingerprint density at radius 1 is 1.38 bits per heavy atom. The summed E-state index contributed by atoms with van der Waals surface area (Å²) in [6.07, 6.45) is 1.20. The summed E-state index contributed by atoms with van der Waals surface area (Å²) in [6.45, 7) is 1.17. The van der Waals surface area contributed by atoms with Gasteiger partial charge in [0.2, 0.25) is 5.95 Å². The van der Waals surface area contributed by atoms with Crippen LogP contribution in [-0.2, 0) is 28.8 Å². The number of carbonyl (C=O) groups is 1. The highest BCUT2D eigenvalue weighted by molar-refractivity contribution is 5.70. The number of aromatic nitrogens is 2. The third kappa shape index (κ3) is 2.27. The average Bonchev–Trinajstić information content (AvgIpc) is 2.41. The third-order valence-corrected chi connectivity index (χ3v) is 2.49. The van der Waals surface area contributed by atoms with Gasteiger partial charge in [-0.3, -0.25) is 4.79 Å². The molecule has 1 aromatic heterocycles. The number of aliphatic carboxylic acids is 1. The van der Waals surface area contributed by atoms with Crippen molar-refractivity contribution in [3.05, 3.63) is 17.0 Å². The number of anilines is 1. The van der Waals surface area contributed by atoms with Crippen molar-refractivity contribution in [2.24, 2.45) is 0 Å². The van der Waals surface area contributed by atoms with Crippen LogP contribution in [0.25, 0.3) is 0 Å². The van der Waals surface area contributed by atoms with Gasteiger partial charge in [0.1, 0.15) is 0 Å². The predicted molar refractivity (Wildman–Crippen MR) is 56.0 cm³/mol. The molecular weight excluding hydrogens is 210 g/mol. The molecule has 2 heterocycles. The van der Waals surface area contributed by atoms with E-state index in [1.807, 2.05) is 0 Å². The van der Waals surface area contributed by atoms with Gasteiger partial charge in [0.25, 0.3) is 0 Å². The quantitative estimate of drug-likeness (QED) is 0.720. The zero-order chi connectivity index (χ0) is 11.5. The monoisotopic (exact) mass is 223 g/mol. The minimum atomic E-state index is -0.912. The van der Waals surface area contributed by atoms with E-state index in [1.165, 1.54) is 0 Å². The lowest BCUT2D eigenvalue weighted by atomic mass is 10.0. The van der Waals surface area contributed by atoms with Crippen LogP contribution in [0.3, 0.4) is 0 Å². The number of nitrogen functional groups attached to an aromatic ring is 1. The van der Waals surface area contributed by atoms with Gasteiger partial charge < -0.3 is 15.6 Å². The van der Waals surface area contributed by atoms with Crippen molar-refractivity contribution in [2.75, 3.05) is 18.9 Å². The molecule has 3 N–H and O–H groups in total. The molecule has 6 nitrogen and oxygen atoms in total. The predicted octanol–water partition coefficient (Wildman–Crippen LogP) is -0.199. The normalized spacial score (nSPS) is 15.2. The number of carboxylic acid groups (broad SMARTS) is 1. The lowest BCUT2D eigenvalue weighted by Gasteiger charge is -2.09. The van der Waals surface area contributed by atoms with Crippen molar-refractivity contribution in [2.45, 2.75) is 19.3 Å². The van der Waals surface area contributed by atoms with E-state index in [1.54, 1.807) is 0 Å². The number of hydrogen-bond donors (Lipinski definition) is 2. The van der Waals surface area contributed by atoms with Gasteiger partial charge in [0, 0.05) is 6.42 Å². The fourth-order valence-electron chi connectivity index (χ4n) is 1.83. The SMILES string of the molecule is Nc1nc2c(c(CC(=O)O)n1)CCOCC2. The second-order valence-electron chi connectivity index (χ2n) is 3.64. The number of fused-ring (bicyclic) bond motifs is 1. The molecule has 0 bridgehead atoms. The van der Waals surface area contributed by atoms with Gasteiger partial charge in [0.15, 0.2) is 0 Å². The lowest BCUT2D eigenvalue weighted by molar-refractivity contribution is -0.136. The first kappa shape index (κ1) is 10.8. The van der Waals surface area contributed by atoms with Gasteiger partial charge >= 0.3 is 5.97 Å². The molecule has 1 aromatic rings. The first-order valence-corrected chi connectivity index (χ1v) is 5.10. The second-order valence-corrected chi connectivity index (χ2v) is 3.64. The second kappa shape index (κ2) is 4.44. The molecule has 1 aliphatic heterocycles. The van der Waals surface area contributed by atoms with Crippen LogP contribution >= 0.6 is 0 Å². The Kier molecular flexibility index (Phi) is 3.00. The summed E-state index contributed by atoms with van der Waals surface area (Å²) in [4.78, 5) is 18.9. The molecule has 0 unspecified atom stereocenters. The van der Waals surface area contributed by atoms with Gasteiger partial charge in [-0.15, -0.1) is 0 Å². The van der Waals surface area contributed by atoms with Crippen LogP contribution in [0.2, 0.25) is 0 Å². The minimum absolute atomic E-state index is 0.116. The van der Waals surface area contributed by atoms with Crippen LogP contribution in [0.4, 0.5) is 5.95 Å². The van der Waals surface area contributed by atoms with Crippen molar-refractivity contribution in [1.82, 2.24) is 9.97 Å². The summed E-state index contributed by atoms with van der Waals surface area (Å²) in [6, 6.07) is 0. The van der Waals surface area contributed by atoms with Crippen LogP contribution in [0.15, 0.2) is 0 Å². The van der Waals surface area contributed by atoms with E-state index >= 15 is 0 Å². The van der Waals surface area contributed by atoms with Gasteiger partial charge in [-0.2, -0.15) is 0 Å². The van der Waals surface area contributed by atoms with E-state index in [0.29, 0.717) is 31.7 Å². The molecule has 0 saturated carbocycles. The highest BCUT2D eigenvalue weighted by atomic mass is 16.5. The highest BCUT2D eigenvalue weighted by Gasteiger charge is 2.17. The van der Waals surface area contributed by atoms with Crippen molar-refractivity contribution in [3.8, 4) is 0 Å². The molecular formula is C10H13N3O3. The Hall–Kier alpha value is -1.69. The number of nitrogens with two attached hydrogens (primary N) is 1. The topological polar surface area (TPSA) is 98.3 Å². The lowest BCUT2D eigenvalue weighted by Crippen LogP contribution is -2.13. The Bertz CT molecular complexity index is 420. The maximum atomic E-state index is 10.7. The Morgan fingerprint density at radius 3 is 2.88 bits per heavy atom. The molecule has 6 heteroatoms. The summed E-state index contributed by atoms with van der Waals surface area (Å²) in [5.74, 6) is -0.776. The summed E-state index contributed by atoms with van der Waals surface area (Å²) >= 11 is 0. The molecule has 0 fully saturated rings. The van der Waals surface area contributed by atoms with Crippen LogP contribution in [0.1, 0.15) is 17.0 Å². The van der Waals surface area contributed by atoms with E-state index in [4.69, 9.17) is 15.6 Å². The van der Waals surface area contributed by atoms with Crippen molar-refractivity contribution in [3.63, 3.8) is 0 Å². The molecule has 0 atom stereocenters. The first-order chi connectivity index (χ1) is 7.66. The third-order valence-electron chi connectivity index (χ3n) is 2.49. The van der Waals surface area contributed by atoms with Crippen LogP contribution in [0, 0.1) is 0 Å². The summed E-state index contributed by atoms with van der Waals surface area (Å²) in [5, 5.41) is 8.80. The molecule has 16 heavy (non-hydrogen) atoms. The number of nitrogens with zero attached hydrogens (tertiary/aromatic N) is 2. The minimum Gasteiger partial charge on any atom is -0.481 e. The molecule has 86 valence electrons. The molecule has 0 aliphatic carbocycles. The van der Waals surface area contributed by atoms with Gasteiger partial charge in [-0.25, -0.2) is 9.97 Å². The van der Waals surface area contributed by atoms with Crippen LogP contribution < -0.4 is 5.73 Å². The molecule has 0 spiro atoms. The fraction of sp³-hybridized carbons (Fsp3) is 0.500. The Labute approximate surface area is 92.5 Å². The van der Waals surface area contributed by atoms with Gasteiger partial charge in [-0.05, 0) is 12.0 Å². The summed E-state index contributed by atoms with van der Waals surface area (Å²) in [7, 11) is 0. The summed E-state index contributed by atoms with van der Waals surface area (Å²) in [5.41, 5.74) is 7.77. The smallest absolute Gasteiger partial charge is 0.309 e. The van der Waals surface area contributed by atoms with E-state index in [9.17, 15) is 4.79 Å². The van der Waals surface area contributed by atoms with E-state index in [2.05, 4.69) is 9.97 Å². The standard InChI is InChI=1S/C10H13N3O3/c11-10-12-7-2-4-16-3-1-6(7)8(13-10)5-9(14)15/h1-5H2,(H,14,15)(H2,11,12,13). The zero-order valence-corrected chi connectivity index (χ0v) is 8.77. The average molecular weight is 223 g/mol. The summed E-state index contributed by atoms with van der Waals surface area (Å²) < 4.78 is 5.32. The van der Waals surface area contributed by atoms with Crippen LogP contribution in [-0.4, -0.2) is 34.3 Å². The molecule has 2 rings (SSSR count). The highest BCUT2D eigenvalue weighted by Crippen LogP contribution is 2.17. The Balaban J connectivity index is 2.42. The molecule has 0 saturated heterocycles. The van der Waals surface area contributed by atoms with Crippen LogP contribution in [0.5, 0.6) is 0 Å². The maximum absolute atomic E-state index is 10.7. The molecule has 0 amide bonds. The van der Waals surface area contributed by atoms with Gasteiger partial charge in [0.05, 0.1) is 31.0 Å². The largest absolute Gasteiger partial charge is 0.481 e. The van der Waals surface area contributed by atoms with E-state index in [-0.39, 0.29) is 12.4 Å². The maximum Gasteiger partial charge on any atom is 0.309 e. The fourth-order valence-corrected chi connectivity index (χ4v) is 1.83. The van der Waals surface area contributed by atoms with E-state index < -0.39 is 5.97 Å². The van der Waals surface area contributed by atoms with Gasteiger partial charge in [-0.1, -0.05) is 0 Å². The van der Waals surface area contributed by atoms with Crippen molar-refractivity contribution in [1.29, 1.82) is 0 Å². The number of carboxylic acids is 1. The van der Waals surface area contributed by atoms with Crippen molar-refractivity contribution < 1.29 is 14.6 Å². The zero-order valence-electron chi connectivity index (χ0n) is 8.77. The van der Waals surface area contributed by atoms with Crippen molar-refractivity contribution >= 4 is 11.9 Å². The van der Waals surface area contributed by atoms with E-state index in [0.717, 1.165) is 11.3 Å². The number of ether oxygens (including phenoxy) is 1. The number of rotatable bonds is 2. The number of hydrogen-bond acceptors (Lipinski definition) is 5.